The third-order valence-electron chi connectivity index (χ3n) is 5.32. The van der Waals surface area contributed by atoms with E-state index >= 15 is 0 Å². The first-order valence-corrected chi connectivity index (χ1v) is 10.9. The predicted octanol–water partition coefficient (Wildman–Crippen LogP) is 5.41. The van der Waals surface area contributed by atoms with Crippen molar-refractivity contribution in [1.29, 1.82) is 0 Å². The highest BCUT2D eigenvalue weighted by Gasteiger charge is 2.42. The van der Waals surface area contributed by atoms with Crippen LogP contribution in [0.1, 0.15) is 58.1 Å². The summed E-state index contributed by atoms with van der Waals surface area (Å²) in [6, 6.07) is 19.1. The summed E-state index contributed by atoms with van der Waals surface area (Å²) in [5.74, 6) is -0.403. The molecule has 0 fully saturated rings. The van der Waals surface area contributed by atoms with E-state index in [0.717, 1.165) is 11.1 Å². The van der Waals surface area contributed by atoms with E-state index < -0.39 is 27.1 Å². The van der Waals surface area contributed by atoms with Gasteiger partial charge in [-0.2, -0.15) is 4.40 Å². The van der Waals surface area contributed by atoms with Crippen molar-refractivity contribution in [2.45, 2.75) is 51.7 Å². The molecule has 2 aromatic carbocycles. The Labute approximate surface area is 176 Å². The van der Waals surface area contributed by atoms with Gasteiger partial charge in [0.2, 0.25) is 6.54 Å². The van der Waals surface area contributed by atoms with Gasteiger partial charge in [0.1, 0.15) is 11.0 Å². The molecule has 0 aliphatic rings. The Kier molecular flexibility index (Phi) is 7.47. The molecule has 0 unspecified atom stereocenters. The van der Waals surface area contributed by atoms with Gasteiger partial charge in [0.25, 0.3) is 0 Å². The second-order valence-corrected chi connectivity index (χ2v) is 10.3. The van der Waals surface area contributed by atoms with E-state index in [0.29, 0.717) is 12.1 Å². The van der Waals surface area contributed by atoms with E-state index in [1.807, 2.05) is 95.3 Å². The molecule has 0 heterocycles. The Bertz CT molecular complexity index is 876. The molecule has 6 heteroatoms. The normalized spacial score (nSPS) is 16.7. The second-order valence-electron chi connectivity index (χ2n) is 8.42. The minimum atomic E-state index is -1.48. The average molecular weight is 415 g/mol. The van der Waals surface area contributed by atoms with Crippen molar-refractivity contribution in [1.82, 2.24) is 0 Å². The van der Waals surface area contributed by atoms with E-state index in [4.69, 9.17) is 0 Å². The van der Waals surface area contributed by atoms with Gasteiger partial charge >= 0.3 is 0 Å². The number of nitro groups is 1. The van der Waals surface area contributed by atoms with E-state index in [-0.39, 0.29) is 11.5 Å². The molecule has 0 aliphatic heterocycles. The summed E-state index contributed by atoms with van der Waals surface area (Å²) in [4.78, 5) is 11.3. The molecule has 0 amide bonds. The lowest BCUT2D eigenvalue weighted by molar-refractivity contribution is -0.485. The zero-order chi connectivity index (χ0) is 21.7. The zero-order valence-electron chi connectivity index (χ0n) is 17.8. The highest BCUT2D eigenvalue weighted by molar-refractivity contribution is 7.85. The Morgan fingerprint density at radius 2 is 1.55 bits per heavy atom. The molecule has 0 N–H and O–H groups in total. The SMILES string of the molecule is CC[C@](C)(/C(=N/[S@](=O)C(C)(C)C)c1ccccc1)[C@@H](C[N+](=O)[O-])c1ccccc1. The molecule has 29 heavy (non-hydrogen) atoms. The molecule has 0 spiro atoms. The van der Waals surface area contributed by atoms with Crippen molar-refractivity contribution < 1.29 is 9.13 Å². The molecular formula is C23H30N2O3S. The molecule has 2 aromatic rings. The van der Waals surface area contributed by atoms with Crippen molar-refractivity contribution in [3.63, 3.8) is 0 Å². The van der Waals surface area contributed by atoms with Gasteiger partial charge in [-0.1, -0.05) is 74.5 Å². The predicted molar refractivity (Wildman–Crippen MR) is 120 cm³/mol. The maximum Gasteiger partial charge on any atom is 0.211 e. The molecule has 0 radical (unpaired) electrons. The van der Waals surface area contributed by atoms with Crippen molar-refractivity contribution in [2.24, 2.45) is 9.81 Å². The monoisotopic (exact) mass is 414 g/mol. The third kappa shape index (κ3) is 5.60. The number of rotatable bonds is 8. The summed E-state index contributed by atoms with van der Waals surface area (Å²) in [5, 5.41) is 11.6. The molecule has 0 aliphatic carbocycles. The Hall–Kier alpha value is -2.34. The Balaban J connectivity index is 2.72. The lowest BCUT2D eigenvalue weighted by atomic mass is 9.67. The Morgan fingerprint density at radius 1 is 1.03 bits per heavy atom. The van der Waals surface area contributed by atoms with Crippen molar-refractivity contribution in [3.05, 3.63) is 81.9 Å². The fraction of sp³-hybridized carbons (Fsp3) is 0.435. The lowest BCUT2D eigenvalue weighted by Crippen LogP contribution is -2.39. The van der Waals surface area contributed by atoms with Crippen LogP contribution < -0.4 is 0 Å². The molecule has 2 rings (SSSR count). The number of hydrogen-bond acceptors (Lipinski definition) is 3. The van der Waals surface area contributed by atoms with Crippen LogP contribution in [-0.4, -0.2) is 26.1 Å². The van der Waals surface area contributed by atoms with Crippen LogP contribution in [-0.2, 0) is 11.0 Å². The fourth-order valence-electron chi connectivity index (χ4n) is 3.39. The molecule has 0 saturated heterocycles. The highest BCUT2D eigenvalue weighted by Crippen LogP contribution is 2.42. The summed E-state index contributed by atoms with van der Waals surface area (Å²) in [5.41, 5.74) is 1.72. The number of benzene rings is 2. The maximum atomic E-state index is 13.0. The molecule has 3 atom stereocenters. The maximum absolute atomic E-state index is 13.0. The topological polar surface area (TPSA) is 72.6 Å². The molecule has 0 saturated carbocycles. The fourth-order valence-corrected chi connectivity index (χ4v) is 4.14. The van der Waals surface area contributed by atoms with Gasteiger partial charge in [0.15, 0.2) is 0 Å². The van der Waals surface area contributed by atoms with Crippen molar-refractivity contribution >= 4 is 16.7 Å². The summed E-state index contributed by atoms with van der Waals surface area (Å²) in [7, 11) is -1.48. The van der Waals surface area contributed by atoms with E-state index in [2.05, 4.69) is 4.40 Å². The summed E-state index contributed by atoms with van der Waals surface area (Å²) in [6.07, 6.45) is 0.621. The molecule has 156 valence electrons. The van der Waals surface area contributed by atoms with Gasteiger partial charge in [0.05, 0.1) is 16.4 Å². The summed E-state index contributed by atoms with van der Waals surface area (Å²) in [6.45, 7) is 9.43. The van der Waals surface area contributed by atoms with E-state index in [9.17, 15) is 14.3 Å². The smallest absolute Gasteiger partial charge is 0.211 e. The van der Waals surface area contributed by atoms with Gasteiger partial charge in [0, 0.05) is 10.3 Å². The van der Waals surface area contributed by atoms with E-state index in [1.54, 1.807) is 0 Å². The van der Waals surface area contributed by atoms with Crippen LogP contribution in [0.15, 0.2) is 65.1 Å². The molecular weight excluding hydrogens is 384 g/mol. The van der Waals surface area contributed by atoms with Gasteiger partial charge < -0.3 is 0 Å². The Morgan fingerprint density at radius 3 is 2.00 bits per heavy atom. The summed E-state index contributed by atoms with van der Waals surface area (Å²) < 4.78 is 17.1. The minimum absolute atomic E-state index is 0.220. The van der Waals surface area contributed by atoms with E-state index in [1.165, 1.54) is 0 Å². The highest BCUT2D eigenvalue weighted by atomic mass is 32.2. The van der Waals surface area contributed by atoms with Crippen molar-refractivity contribution in [2.75, 3.05) is 6.54 Å². The first-order valence-electron chi connectivity index (χ1n) is 9.83. The van der Waals surface area contributed by atoms with Crippen LogP contribution in [0, 0.1) is 15.5 Å². The minimum Gasteiger partial charge on any atom is -0.265 e. The molecule has 5 nitrogen and oxygen atoms in total. The second kappa shape index (κ2) is 9.44. The average Bonchev–Trinajstić information content (AvgIpc) is 2.70. The first kappa shape index (κ1) is 22.9. The summed E-state index contributed by atoms with van der Waals surface area (Å²) >= 11 is 0. The van der Waals surface area contributed by atoms with Crippen LogP contribution in [0.4, 0.5) is 0 Å². The van der Waals surface area contributed by atoms with Crippen molar-refractivity contribution in [3.8, 4) is 0 Å². The van der Waals surface area contributed by atoms with Crippen LogP contribution in [0.5, 0.6) is 0 Å². The van der Waals surface area contributed by atoms with Crippen LogP contribution >= 0.6 is 0 Å². The van der Waals surface area contributed by atoms with Gasteiger partial charge in [-0.15, -0.1) is 0 Å². The largest absolute Gasteiger partial charge is 0.265 e. The lowest BCUT2D eigenvalue weighted by Gasteiger charge is -2.37. The zero-order valence-corrected chi connectivity index (χ0v) is 18.6. The van der Waals surface area contributed by atoms with Gasteiger partial charge in [-0.05, 0) is 38.3 Å². The standard InChI is InChI=1S/C23H30N2O3S/c1-6-23(5,20(17-25(26)27)18-13-9-7-10-14-18)21(19-15-11-8-12-16-19)24-29(28)22(2,3)4/h7-16,20H,6,17H2,1-5H3/b24-21+/t20-,23-,29+/m0/s1. The van der Waals surface area contributed by atoms with Gasteiger partial charge in [-0.3, -0.25) is 10.1 Å². The number of nitrogens with zero attached hydrogens (tertiary/aromatic N) is 2. The molecule has 0 aromatic heterocycles. The first-order chi connectivity index (χ1) is 13.6. The van der Waals surface area contributed by atoms with Crippen LogP contribution in [0.25, 0.3) is 0 Å². The van der Waals surface area contributed by atoms with Gasteiger partial charge in [-0.25, -0.2) is 4.21 Å². The third-order valence-corrected chi connectivity index (χ3v) is 6.72. The molecule has 0 bridgehead atoms. The number of hydrogen-bond donors (Lipinski definition) is 0. The van der Waals surface area contributed by atoms with Crippen LogP contribution in [0.3, 0.4) is 0 Å². The quantitative estimate of drug-likeness (QED) is 0.329. The van der Waals surface area contributed by atoms with Crippen LogP contribution in [0.2, 0.25) is 0 Å².